The van der Waals surface area contributed by atoms with Crippen molar-refractivity contribution in [2.24, 2.45) is 0 Å². The highest BCUT2D eigenvalue weighted by atomic mass is 16.6. The number of aliphatic hydroxyl groups excluding tert-OH is 1. The van der Waals surface area contributed by atoms with E-state index in [2.05, 4.69) is 10.6 Å². The lowest BCUT2D eigenvalue weighted by Gasteiger charge is -2.34. The minimum absolute atomic E-state index is 0.179. The summed E-state index contributed by atoms with van der Waals surface area (Å²) in [5, 5.41) is 15.6. The smallest absolute Gasteiger partial charge is 0.408 e. The van der Waals surface area contributed by atoms with Gasteiger partial charge in [0, 0.05) is 11.7 Å². The van der Waals surface area contributed by atoms with Gasteiger partial charge in [-0.05, 0) is 76.1 Å². The number of carbonyl (C=O) groups excluding carboxylic acids is 3. The Balaban J connectivity index is 1.98. The van der Waals surface area contributed by atoms with E-state index < -0.39 is 36.3 Å². The third-order valence-corrected chi connectivity index (χ3v) is 6.33. The van der Waals surface area contributed by atoms with Crippen LogP contribution in [0.2, 0.25) is 0 Å². The molecule has 0 radical (unpaired) electrons. The van der Waals surface area contributed by atoms with Crippen LogP contribution in [0.3, 0.4) is 0 Å². The number of hydrogen-bond donors (Lipinski definition) is 3. The molecule has 3 N–H and O–H groups in total. The van der Waals surface area contributed by atoms with Crippen molar-refractivity contribution in [3.63, 3.8) is 0 Å². The minimum atomic E-state index is -1.25. The summed E-state index contributed by atoms with van der Waals surface area (Å²) in [6.07, 6.45) is 1.50. The van der Waals surface area contributed by atoms with Crippen molar-refractivity contribution in [2.75, 3.05) is 11.9 Å². The van der Waals surface area contributed by atoms with E-state index in [1.807, 2.05) is 63.2 Å². The predicted molar refractivity (Wildman–Crippen MR) is 143 cm³/mol. The van der Waals surface area contributed by atoms with Crippen LogP contribution < -0.4 is 10.6 Å². The topological polar surface area (TPSA) is 108 Å². The van der Waals surface area contributed by atoms with Crippen LogP contribution >= 0.6 is 0 Å². The zero-order valence-corrected chi connectivity index (χ0v) is 22.6. The molecule has 2 unspecified atom stereocenters. The Labute approximate surface area is 219 Å². The van der Waals surface area contributed by atoms with Crippen LogP contribution in [0.5, 0.6) is 0 Å². The predicted octanol–water partition coefficient (Wildman–Crippen LogP) is 4.42. The number of para-hydroxylation sites is 1. The van der Waals surface area contributed by atoms with Crippen molar-refractivity contribution in [2.45, 2.75) is 84.5 Å². The lowest BCUT2D eigenvalue weighted by molar-refractivity contribution is -0.142. The molecule has 0 heterocycles. The fourth-order valence-corrected chi connectivity index (χ4v) is 4.26. The van der Waals surface area contributed by atoms with E-state index in [-0.39, 0.29) is 11.9 Å². The van der Waals surface area contributed by atoms with Gasteiger partial charge in [0.05, 0.1) is 6.61 Å². The summed E-state index contributed by atoms with van der Waals surface area (Å²) in [5.41, 5.74) is 3.54. The molecule has 2 aromatic rings. The molecule has 0 aromatic heterocycles. The van der Waals surface area contributed by atoms with Crippen molar-refractivity contribution in [1.82, 2.24) is 10.2 Å². The number of alkyl carbamates (subject to hydrolysis) is 1. The molecule has 37 heavy (non-hydrogen) atoms. The number of nitrogens with zero attached hydrogens (tertiary/aromatic N) is 1. The molecule has 3 amide bonds. The normalized spacial score (nSPS) is 14.9. The number of amides is 3. The van der Waals surface area contributed by atoms with Gasteiger partial charge < -0.3 is 25.4 Å². The molecule has 200 valence electrons. The van der Waals surface area contributed by atoms with Crippen LogP contribution in [0.4, 0.5) is 10.5 Å². The van der Waals surface area contributed by atoms with Gasteiger partial charge in [0.25, 0.3) is 5.91 Å². The second-order valence-corrected chi connectivity index (χ2v) is 10.6. The summed E-state index contributed by atoms with van der Waals surface area (Å²) in [6.45, 7) is 10.4. The molecule has 1 aliphatic carbocycles. The summed E-state index contributed by atoms with van der Waals surface area (Å²) in [4.78, 5) is 41.6. The maximum absolute atomic E-state index is 13.9. The highest BCUT2D eigenvalue weighted by Crippen LogP contribution is 2.36. The number of benzene rings is 2. The van der Waals surface area contributed by atoms with Gasteiger partial charge in [-0.2, -0.15) is 0 Å². The number of rotatable bonds is 9. The van der Waals surface area contributed by atoms with E-state index >= 15 is 0 Å². The standard InChI is InChI=1S/C29H39N3O5/c1-7-20-11-13-21(14-12-20)25(26(34)31-24-18(2)9-8-10-19(24)3)32(22-15-16-22)27(35)23(17-33)30-28(36)37-29(4,5)6/h8-14,22-23,25,33H,7,15-17H2,1-6H3,(H,30,36)(H,31,34). The summed E-state index contributed by atoms with van der Waals surface area (Å²) >= 11 is 0. The Kier molecular flexibility index (Phi) is 8.97. The van der Waals surface area contributed by atoms with Gasteiger partial charge in [0.1, 0.15) is 17.7 Å². The van der Waals surface area contributed by atoms with Gasteiger partial charge in [0.2, 0.25) is 5.91 Å². The van der Waals surface area contributed by atoms with Crippen molar-refractivity contribution in [3.8, 4) is 0 Å². The quantitative estimate of drug-likeness (QED) is 0.464. The molecule has 1 fully saturated rings. The van der Waals surface area contributed by atoms with Crippen LogP contribution in [-0.2, 0) is 20.7 Å². The first-order valence-corrected chi connectivity index (χ1v) is 12.8. The molecule has 2 aromatic carbocycles. The molecule has 3 rings (SSSR count). The molecule has 8 heteroatoms. The number of hydrogen-bond acceptors (Lipinski definition) is 5. The van der Waals surface area contributed by atoms with Crippen molar-refractivity contribution < 1.29 is 24.2 Å². The second kappa shape index (κ2) is 11.8. The molecular weight excluding hydrogens is 470 g/mol. The van der Waals surface area contributed by atoms with E-state index in [0.29, 0.717) is 11.3 Å². The van der Waals surface area contributed by atoms with Gasteiger partial charge in [0.15, 0.2) is 0 Å². The number of aryl methyl sites for hydroxylation is 3. The van der Waals surface area contributed by atoms with Gasteiger partial charge in [-0.25, -0.2) is 4.79 Å². The molecule has 0 spiro atoms. The van der Waals surface area contributed by atoms with Crippen LogP contribution in [0.1, 0.15) is 68.8 Å². The molecule has 0 saturated heterocycles. The Morgan fingerprint density at radius 2 is 1.65 bits per heavy atom. The van der Waals surface area contributed by atoms with E-state index in [4.69, 9.17) is 4.74 Å². The zero-order valence-electron chi connectivity index (χ0n) is 22.6. The van der Waals surface area contributed by atoms with Gasteiger partial charge in [-0.15, -0.1) is 0 Å². The SMILES string of the molecule is CCc1ccc(C(C(=O)Nc2c(C)cccc2C)N(C(=O)C(CO)NC(=O)OC(C)(C)C)C2CC2)cc1. The van der Waals surface area contributed by atoms with Crippen molar-refractivity contribution >= 4 is 23.6 Å². The monoisotopic (exact) mass is 509 g/mol. The largest absolute Gasteiger partial charge is 0.444 e. The van der Waals surface area contributed by atoms with Gasteiger partial charge >= 0.3 is 6.09 Å². The van der Waals surface area contributed by atoms with Crippen LogP contribution in [-0.4, -0.2) is 52.2 Å². The number of nitrogens with one attached hydrogen (secondary N) is 2. The van der Waals surface area contributed by atoms with E-state index in [9.17, 15) is 19.5 Å². The third-order valence-electron chi connectivity index (χ3n) is 6.33. The number of carbonyl (C=O) groups is 3. The average molecular weight is 510 g/mol. The molecule has 1 aliphatic rings. The molecular formula is C29H39N3O5. The van der Waals surface area contributed by atoms with E-state index in [0.717, 1.165) is 36.0 Å². The van der Waals surface area contributed by atoms with E-state index in [1.165, 1.54) is 4.90 Å². The van der Waals surface area contributed by atoms with Crippen LogP contribution in [0.15, 0.2) is 42.5 Å². The fraction of sp³-hybridized carbons (Fsp3) is 0.483. The van der Waals surface area contributed by atoms with E-state index in [1.54, 1.807) is 20.8 Å². The van der Waals surface area contributed by atoms with Gasteiger partial charge in [-0.3, -0.25) is 9.59 Å². The molecule has 0 bridgehead atoms. The number of aliphatic hydroxyl groups is 1. The first kappa shape index (κ1) is 28.2. The molecule has 1 saturated carbocycles. The third kappa shape index (κ3) is 7.32. The summed E-state index contributed by atoms with van der Waals surface area (Å²) in [5.74, 6) is -0.882. The van der Waals surface area contributed by atoms with Crippen molar-refractivity contribution in [3.05, 3.63) is 64.7 Å². The Hall–Kier alpha value is -3.39. The highest BCUT2D eigenvalue weighted by molar-refractivity contribution is 6.00. The molecule has 2 atom stereocenters. The maximum atomic E-state index is 13.9. The van der Waals surface area contributed by atoms with Crippen molar-refractivity contribution in [1.29, 1.82) is 0 Å². The Morgan fingerprint density at radius 3 is 2.14 bits per heavy atom. The fourth-order valence-electron chi connectivity index (χ4n) is 4.26. The summed E-state index contributed by atoms with van der Waals surface area (Å²) < 4.78 is 5.29. The summed E-state index contributed by atoms with van der Waals surface area (Å²) in [6, 6.07) is 11.0. The average Bonchev–Trinajstić information content (AvgIpc) is 3.67. The molecule has 0 aliphatic heterocycles. The van der Waals surface area contributed by atoms with Gasteiger partial charge in [-0.1, -0.05) is 49.4 Å². The molecule has 8 nitrogen and oxygen atoms in total. The summed E-state index contributed by atoms with van der Waals surface area (Å²) in [7, 11) is 0. The first-order valence-electron chi connectivity index (χ1n) is 12.8. The number of ether oxygens (including phenoxy) is 1. The Morgan fingerprint density at radius 1 is 1.05 bits per heavy atom. The second-order valence-electron chi connectivity index (χ2n) is 10.6. The maximum Gasteiger partial charge on any atom is 0.408 e. The highest BCUT2D eigenvalue weighted by Gasteiger charge is 2.44. The zero-order chi connectivity index (χ0) is 27.3. The minimum Gasteiger partial charge on any atom is -0.444 e. The first-order chi connectivity index (χ1) is 17.4. The van der Waals surface area contributed by atoms with Crippen LogP contribution in [0, 0.1) is 13.8 Å². The lowest BCUT2D eigenvalue weighted by atomic mass is 9.99. The van der Waals surface area contributed by atoms with Crippen LogP contribution in [0.25, 0.3) is 0 Å². The number of anilines is 1. The lowest BCUT2D eigenvalue weighted by Crippen LogP contribution is -2.54. The Bertz CT molecular complexity index is 1100.